The quantitative estimate of drug-likeness (QED) is 0.219. The Morgan fingerprint density at radius 2 is 2.02 bits per heavy atom. The zero-order valence-electron chi connectivity index (χ0n) is 26.0. The van der Waals surface area contributed by atoms with E-state index in [9.17, 15) is 9.59 Å². The molecule has 3 aliphatic rings. The number of thiocarbonyl (C=S) groups is 1. The van der Waals surface area contributed by atoms with Crippen LogP contribution in [0.4, 0.5) is 0 Å². The lowest BCUT2D eigenvalue weighted by Gasteiger charge is -2.42. The summed E-state index contributed by atoms with van der Waals surface area (Å²) in [6, 6.07) is 10.4. The van der Waals surface area contributed by atoms with E-state index in [-0.39, 0.29) is 36.9 Å². The number of hydrazine groups is 1. The highest BCUT2D eigenvalue weighted by molar-refractivity contribution is 7.80. The third-order valence-electron chi connectivity index (χ3n) is 9.49. The van der Waals surface area contributed by atoms with E-state index >= 15 is 0 Å². The summed E-state index contributed by atoms with van der Waals surface area (Å²) in [6.07, 6.45) is 4.79. The summed E-state index contributed by atoms with van der Waals surface area (Å²) in [5, 5.41) is 2.58. The van der Waals surface area contributed by atoms with Gasteiger partial charge in [-0.1, -0.05) is 26.1 Å². The Hall–Kier alpha value is -4.09. The van der Waals surface area contributed by atoms with Gasteiger partial charge in [0.1, 0.15) is 17.0 Å². The van der Waals surface area contributed by atoms with Crippen LogP contribution in [0, 0.1) is 11.3 Å². The Morgan fingerprint density at radius 1 is 1.18 bits per heavy atom. The summed E-state index contributed by atoms with van der Waals surface area (Å²) >= 11 is 5.63. The average molecular weight is 628 g/mol. The first-order valence-electron chi connectivity index (χ1n) is 15.6. The summed E-state index contributed by atoms with van der Waals surface area (Å²) in [6.45, 7) is 7.71. The van der Waals surface area contributed by atoms with Crippen molar-refractivity contribution >= 4 is 40.0 Å². The molecular weight excluding hydrogens is 590 g/mol. The number of oxazole rings is 1. The molecule has 2 aliphatic heterocycles. The van der Waals surface area contributed by atoms with Gasteiger partial charge in [-0.3, -0.25) is 25.0 Å². The number of carbonyl (C=O) groups excluding carboxylic acids is 2. The average Bonchev–Trinajstić information content (AvgIpc) is 3.59. The van der Waals surface area contributed by atoms with Crippen molar-refractivity contribution in [3.05, 3.63) is 59.9 Å². The SMILES string of the molecule is CCn1c2c3c4cc(ccc41)-c1cnc(o1)CCC(=O)N1CCC[C@@H](C(=O)OCC(C)(C)C3[C@H](OC)c3ncccc3-2)C(=S)N1. The molecule has 1 aliphatic carbocycles. The molecule has 3 atom stereocenters. The number of benzene rings is 1. The first-order valence-corrected chi connectivity index (χ1v) is 16.0. The van der Waals surface area contributed by atoms with Gasteiger partial charge in [-0.15, -0.1) is 0 Å². The normalized spacial score (nSPS) is 23.2. The van der Waals surface area contributed by atoms with Crippen molar-refractivity contribution in [3.8, 4) is 22.6 Å². The standard InChI is InChI=1S/C34H37N5O5S/c1-5-38-23-11-10-19-16-22(23)27-28(31(42-4)29-20(30(27)38)8-6-14-35-29)34(2,3)18-43-33(41)21-9-7-15-39(37-32(21)45)26(40)13-12-25-36-17-24(19)44-25/h6,8,10-11,14,16-17,21,28,31H,5,7,9,12-13,15,18H2,1-4H3,(H,37,45)/t21-,28?,31+/m1/s1. The number of ether oxygens (including phenoxy) is 2. The fourth-order valence-electron chi connectivity index (χ4n) is 7.29. The number of rotatable bonds is 2. The summed E-state index contributed by atoms with van der Waals surface area (Å²) in [7, 11) is 1.72. The number of carbonyl (C=O) groups is 2. The summed E-state index contributed by atoms with van der Waals surface area (Å²) in [5.74, 6) is -0.249. The molecule has 234 valence electrons. The molecule has 1 N–H and O–H groups in total. The Bertz CT molecular complexity index is 1830. The molecule has 1 fully saturated rings. The van der Waals surface area contributed by atoms with Crippen LogP contribution >= 0.6 is 12.2 Å². The fraction of sp³-hybridized carbons (Fsp3) is 0.441. The number of hydrogen-bond donors (Lipinski definition) is 1. The van der Waals surface area contributed by atoms with E-state index in [0.717, 1.165) is 45.5 Å². The molecule has 11 heteroatoms. The van der Waals surface area contributed by atoms with Crippen molar-refractivity contribution in [3.63, 3.8) is 0 Å². The number of hydrogen-bond acceptors (Lipinski definition) is 8. The fourth-order valence-corrected chi connectivity index (χ4v) is 7.61. The molecule has 6 bridgehead atoms. The summed E-state index contributed by atoms with van der Waals surface area (Å²) in [4.78, 5) is 36.4. The van der Waals surface area contributed by atoms with Crippen LogP contribution in [0.2, 0.25) is 0 Å². The molecule has 1 aromatic carbocycles. The van der Waals surface area contributed by atoms with Gasteiger partial charge in [0.2, 0.25) is 5.91 Å². The molecule has 0 spiro atoms. The molecule has 7 rings (SSSR count). The maximum Gasteiger partial charge on any atom is 0.315 e. The van der Waals surface area contributed by atoms with Crippen molar-refractivity contribution in [2.24, 2.45) is 11.3 Å². The van der Waals surface area contributed by atoms with Crippen LogP contribution < -0.4 is 5.43 Å². The van der Waals surface area contributed by atoms with Crippen LogP contribution in [0.1, 0.15) is 69.2 Å². The maximum atomic E-state index is 13.6. The molecular formula is C34H37N5O5S. The van der Waals surface area contributed by atoms with Crippen molar-refractivity contribution in [1.82, 2.24) is 25.0 Å². The van der Waals surface area contributed by atoms with Crippen LogP contribution in [0.15, 0.2) is 47.1 Å². The molecule has 45 heavy (non-hydrogen) atoms. The second kappa shape index (κ2) is 11.4. The molecule has 0 saturated carbocycles. The van der Waals surface area contributed by atoms with E-state index in [1.54, 1.807) is 19.5 Å². The monoisotopic (exact) mass is 627 g/mol. The molecule has 1 unspecified atom stereocenters. The van der Waals surface area contributed by atoms with Gasteiger partial charge in [0.25, 0.3) is 0 Å². The number of amides is 1. The Kier molecular flexibility index (Phi) is 7.48. The summed E-state index contributed by atoms with van der Waals surface area (Å²) in [5.41, 5.74) is 8.55. The van der Waals surface area contributed by atoms with Gasteiger partial charge < -0.3 is 18.5 Å². The number of esters is 1. The number of nitrogens with zero attached hydrogens (tertiary/aromatic N) is 4. The highest BCUT2D eigenvalue weighted by Gasteiger charge is 2.47. The molecule has 4 aromatic rings. The topological polar surface area (TPSA) is 112 Å². The van der Waals surface area contributed by atoms with Gasteiger partial charge in [-0.2, -0.15) is 0 Å². The van der Waals surface area contributed by atoms with Gasteiger partial charge in [-0.25, -0.2) is 4.98 Å². The van der Waals surface area contributed by atoms with E-state index in [4.69, 9.17) is 31.1 Å². The van der Waals surface area contributed by atoms with E-state index in [1.807, 2.05) is 6.07 Å². The number of nitrogens with one attached hydrogen (secondary N) is 1. The smallest absolute Gasteiger partial charge is 0.315 e. The van der Waals surface area contributed by atoms with Gasteiger partial charge in [0.05, 0.1) is 24.2 Å². The lowest BCUT2D eigenvalue weighted by molar-refractivity contribution is -0.150. The van der Waals surface area contributed by atoms with Crippen LogP contribution in [0.25, 0.3) is 33.5 Å². The third kappa shape index (κ3) is 4.93. The van der Waals surface area contributed by atoms with Crippen LogP contribution in [0.5, 0.6) is 0 Å². The van der Waals surface area contributed by atoms with E-state index < -0.39 is 11.3 Å². The Morgan fingerprint density at radius 3 is 2.82 bits per heavy atom. The van der Waals surface area contributed by atoms with Crippen LogP contribution in [-0.4, -0.2) is 56.7 Å². The molecule has 10 nitrogen and oxygen atoms in total. The second-order valence-corrected chi connectivity index (χ2v) is 13.2. The van der Waals surface area contributed by atoms with Crippen molar-refractivity contribution in [2.75, 3.05) is 20.3 Å². The highest BCUT2D eigenvalue weighted by atomic mass is 32.1. The Balaban J connectivity index is 1.43. The molecule has 0 radical (unpaired) electrons. The minimum atomic E-state index is -0.642. The number of cyclic esters (lactones) is 1. The predicted octanol–water partition coefficient (Wildman–Crippen LogP) is 5.75. The van der Waals surface area contributed by atoms with Crippen molar-refractivity contribution in [2.45, 2.75) is 65.0 Å². The molecule has 1 amide bonds. The lowest BCUT2D eigenvalue weighted by atomic mass is 9.67. The molecule has 3 aromatic heterocycles. The number of methoxy groups -OCH3 is 1. The van der Waals surface area contributed by atoms with Gasteiger partial charge in [-0.05, 0) is 55.7 Å². The second-order valence-electron chi connectivity index (χ2n) is 12.7. The number of pyridine rings is 1. The first-order chi connectivity index (χ1) is 21.7. The zero-order chi connectivity index (χ0) is 31.5. The first kappa shape index (κ1) is 29.6. The Labute approximate surface area is 267 Å². The summed E-state index contributed by atoms with van der Waals surface area (Å²) < 4.78 is 20.9. The van der Waals surface area contributed by atoms with Crippen molar-refractivity contribution < 1.29 is 23.5 Å². The van der Waals surface area contributed by atoms with Gasteiger partial charge in [0, 0.05) is 72.6 Å². The number of aromatic nitrogens is 3. The molecule has 1 saturated heterocycles. The van der Waals surface area contributed by atoms with Crippen molar-refractivity contribution in [1.29, 1.82) is 0 Å². The van der Waals surface area contributed by atoms with Crippen LogP contribution in [0.3, 0.4) is 0 Å². The predicted molar refractivity (Wildman–Crippen MR) is 172 cm³/mol. The van der Waals surface area contributed by atoms with E-state index in [0.29, 0.717) is 42.4 Å². The minimum absolute atomic E-state index is 0.135. The van der Waals surface area contributed by atoms with Crippen LogP contribution in [-0.2, 0) is 32.0 Å². The largest absolute Gasteiger partial charge is 0.465 e. The molecule has 5 heterocycles. The minimum Gasteiger partial charge on any atom is -0.465 e. The number of fused-ring (bicyclic) bond motifs is 9. The van der Waals surface area contributed by atoms with Gasteiger partial charge >= 0.3 is 5.97 Å². The highest BCUT2D eigenvalue weighted by Crippen LogP contribution is 2.57. The zero-order valence-corrected chi connectivity index (χ0v) is 26.8. The lowest BCUT2D eigenvalue weighted by Crippen LogP contribution is -2.47. The number of aryl methyl sites for hydroxylation is 2. The third-order valence-corrected chi connectivity index (χ3v) is 9.87. The van der Waals surface area contributed by atoms with E-state index in [2.05, 4.69) is 60.0 Å². The maximum absolute atomic E-state index is 13.6. The van der Waals surface area contributed by atoms with E-state index in [1.165, 1.54) is 5.01 Å². The van der Waals surface area contributed by atoms with Gasteiger partial charge in [0.15, 0.2) is 11.7 Å².